The van der Waals surface area contributed by atoms with E-state index in [0.29, 0.717) is 0 Å². The number of anilines is 6. The Balaban J connectivity index is 1.49. The highest BCUT2D eigenvalue weighted by molar-refractivity contribution is 7.29. The smallest absolute Gasteiger partial charge is 0.264 e. The summed E-state index contributed by atoms with van der Waals surface area (Å²) in [5, 5.41) is 3.03. The highest BCUT2D eigenvalue weighted by Gasteiger charge is 2.50. The van der Waals surface area contributed by atoms with Gasteiger partial charge in [0.15, 0.2) is 0 Å². The molecule has 8 rings (SSSR count). The molecule has 0 radical (unpaired) electrons. The molecule has 2 nitrogen and oxygen atoms in total. The first-order valence-corrected chi connectivity index (χ1v) is 27.7. The number of thiophene rings is 1. The molecule has 6 heteroatoms. The lowest BCUT2D eigenvalue weighted by Gasteiger charge is -2.45. The van der Waals surface area contributed by atoms with Crippen molar-refractivity contribution in [2.75, 3.05) is 9.80 Å². The molecule has 3 aliphatic rings. The summed E-state index contributed by atoms with van der Waals surface area (Å²) in [5.41, 5.74) is 15.4. The van der Waals surface area contributed by atoms with Crippen LogP contribution in [0.2, 0.25) is 39.3 Å². The van der Waals surface area contributed by atoms with Gasteiger partial charge in [0.2, 0.25) is 0 Å². The van der Waals surface area contributed by atoms with E-state index in [4.69, 9.17) is 0 Å². The van der Waals surface area contributed by atoms with Crippen molar-refractivity contribution in [3.8, 4) is 0 Å². The third-order valence-corrected chi connectivity index (χ3v) is 18.3. The topological polar surface area (TPSA) is 6.48 Å². The number of hydrogen-bond donors (Lipinski definition) is 0. The second kappa shape index (κ2) is 11.8. The molecule has 1 aliphatic carbocycles. The minimum absolute atomic E-state index is 0.0739. The molecule has 274 valence electrons. The summed E-state index contributed by atoms with van der Waals surface area (Å²) >= 11 is 2.13. The summed E-state index contributed by atoms with van der Waals surface area (Å²) in [5.74, 6) is 0. The van der Waals surface area contributed by atoms with Crippen molar-refractivity contribution in [3.63, 3.8) is 0 Å². The molecule has 0 fully saturated rings. The average Bonchev–Trinajstić information content (AvgIpc) is 3.48. The summed E-state index contributed by atoms with van der Waals surface area (Å²) < 4.78 is 1.53. The Morgan fingerprint density at radius 3 is 1.75 bits per heavy atom. The number of hydrogen-bond acceptors (Lipinski definition) is 3. The number of benzene rings is 4. The maximum atomic E-state index is 2.70. The van der Waals surface area contributed by atoms with Crippen LogP contribution in [0, 0.1) is 6.92 Å². The SMILES string of the molecule is Cc1cc2c3c(c1)N(c1ccc(C(C)(C)C)cc1)c1c(sc4c1C(C)(C)CCC4(C)C)B3c1cc([Si](C)(C)C)ccc1N2c1ccc([Si](C)(C)C)cc1. The van der Waals surface area contributed by atoms with E-state index in [1.807, 2.05) is 0 Å². The van der Waals surface area contributed by atoms with Gasteiger partial charge in [-0.2, -0.15) is 11.3 Å². The lowest BCUT2D eigenvalue weighted by Crippen LogP contribution is -2.61. The molecule has 0 spiro atoms. The minimum Gasteiger partial charge on any atom is -0.311 e. The van der Waals surface area contributed by atoms with Gasteiger partial charge in [-0.15, -0.1) is 0 Å². The molecule has 0 saturated carbocycles. The summed E-state index contributed by atoms with van der Waals surface area (Å²) in [4.78, 5) is 6.89. The molecule has 1 aromatic heterocycles. The molecule has 0 saturated heterocycles. The van der Waals surface area contributed by atoms with Gasteiger partial charge in [-0.3, -0.25) is 0 Å². The molecular weight excluding hydrogens is 692 g/mol. The van der Waals surface area contributed by atoms with E-state index in [0.717, 1.165) is 0 Å². The zero-order chi connectivity index (χ0) is 38.2. The van der Waals surface area contributed by atoms with Gasteiger partial charge in [-0.1, -0.05) is 135 Å². The molecule has 0 N–H and O–H groups in total. The van der Waals surface area contributed by atoms with Crippen LogP contribution in [0.3, 0.4) is 0 Å². The molecule has 3 heterocycles. The van der Waals surface area contributed by atoms with E-state index in [2.05, 4.69) is 195 Å². The molecule has 0 amide bonds. The second-order valence-corrected chi connectivity index (χ2v) is 31.9. The quantitative estimate of drug-likeness (QED) is 0.165. The molecule has 0 unspecified atom stereocenters. The number of aryl methyl sites for hydroxylation is 1. The third-order valence-electron chi connectivity index (χ3n) is 12.5. The van der Waals surface area contributed by atoms with Gasteiger partial charge in [0, 0.05) is 38.1 Å². The molecule has 53 heavy (non-hydrogen) atoms. The van der Waals surface area contributed by atoms with Gasteiger partial charge in [-0.25, -0.2) is 0 Å². The van der Waals surface area contributed by atoms with Crippen molar-refractivity contribution in [1.29, 1.82) is 0 Å². The summed E-state index contributed by atoms with van der Waals surface area (Å²) in [6.07, 6.45) is 2.41. The lowest BCUT2D eigenvalue weighted by molar-refractivity contribution is 0.339. The van der Waals surface area contributed by atoms with Crippen LogP contribution in [0.4, 0.5) is 34.1 Å². The highest BCUT2D eigenvalue weighted by Crippen LogP contribution is 2.56. The standard InChI is InChI=1S/C47H59BN2SSi2/c1-30-27-38-41-39(28-30)50(33-17-15-31(16-18-33)45(2,3)4)42-40-43(47(7,8)26-25-46(40,5)6)51-44(42)48(41)36-29-35(53(12,13)14)23-24-37(36)49(38)32-19-21-34(22-20-32)52(9,10)11/h15-24,27-29H,25-26H2,1-14H3. The lowest BCUT2D eigenvalue weighted by atomic mass is 9.36. The van der Waals surface area contributed by atoms with Crippen molar-refractivity contribution >= 4 is 94.4 Å². The Hall–Kier alpha value is -3.32. The van der Waals surface area contributed by atoms with Crippen LogP contribution in [0.25, 0.3) is 0 Å². The van der Waals surface area contributed by atoms with Crippen LogP contribution < -0.4 is 35.9 Å². The Labute approximate surface area is 326 Å². The monoisotopic (exact) mass is 750 g/mol. The predicted molar refractivity (Wildman–Crippen MR) is 243 cm³/mol. The zero-order valence-electron chi connectivity index (χ0n) is 34.8. The van der Waals surface area contributed by atoms with E-state index < -0.39 is 16.1 Å². The van der Waals surface area contributed by atoms with Crippen molar-refractivity contribution in [2.24, 2.45) is 0 Å². The van der Waals surface area contributed by atoms with Crippen LogP contribution >= 0.6 is 11.3 Å². The molecule has 5 aromatic rings. The van der Waals surface area contributed by atoms with E-state index >= 15 is 0 Å². The van der Waals surface area contributed by atoms with E-state index in [1.165, 1.54) is 84.2 Å². The Morgan fingerprint density at radius 2 is 1.17 bits per heavy atom. The van der Waals surface area contributed by atoms with Crippen molar-refractivity contribution in [3.05, 3.63) is 100 Å². The second-order valence-electron chi connectivity index (χ2n) is 20.7. The fourth-order valence-electron chi connectivity index (χ4n) is 9.15. The molecule has 0 bridgehead atoms. The van der Waals surface area contributed by atoms with Gasteiger partial charge in [-0.05, 0) is 106 Å². The molecule has 4 aromatic carbocycles. The van der Waals surface area contributed by atoms with Gasteiger partial charge < -0.3 is 9.80 Å². The summed E-state index contributed by atoms with van der Waals surface area (Å²) in [6, 6.07) is 31.7. The molecule has 2 aliphatic heterocycles. The van der Waals surface area contributed by atoms with Crippen molar-refractivity contribution in [1.82, 2.24) is 0 Å². The molecular formula is C47H59BN2SSi2. The van der Waals surface area contributed by atoms with Gasteiger partial charge in [0.05, 0.1) is 21.8 Å². The van der Waals surface area contributed by atoms with E-state index in [1.54, 1.807) is 10.4 Å². The normalized spacial score (nSPS) is 17.3. The average molecular weight is 751 g/mol. The van der Waals surface area contributed by atoms with Crippen molar-refractivity contribution < 1.29 is 0 Å². The fourth-order valence-corrected chi connectivity index (χ4v) is 13.2. The van der Waals surface area contributed by atoms with E-state index in [9.17, 15) is 0 Å². The van der Waals surface area contributed by atoms with Crippen LogP contribution in [-0.2, 0) is 16.2 Å². The maximum absolute atomic E-state index is 2.70. The first-order valence-electron chi connectivity index (χ1n) is 19.9. The molecule has 0 atom stereocenters. The largest absolute Gasteiger partial charge is 0.311 e. The Morgan fingerprint density at radius 1 is 0.642 bits per heavy atom. The summed E-state index contributed by atoms with van der Waals surface area (Å²) in [7, 11) is -3.07. The first kappa shape index (κ1) is 36.6. The van der Waals surface area contributed by atoms with E-state index in [-0.39, 0.29) is 23.0 Å². The minimum atomic E-state index is -1.62. The highest BCUT2D eigenvalue weighted by atomic mass is 32.1. The van der Waals surface area contributed by atoms with Gasteiger partial charge >= 0.3 is 0 Å². The third kappa shape index (κ3) is 5.85. The number of fused-ring (bicyclic) bond motifs is 6. The summed E-state index contributed by atoms with van der Waals surface area (Å²) in [6.45, 7) is 34.3. The predicted octanol–water partition coefficient (Wildman–Crippen LogP) is 10.9. The Kier molecular flexibility index (Phi) is 8.19. The maximum Gasteiger partial charge on any atom is 0.264 e. The zero-order valence-corrected chi connectivity index (χ0v) is 37.6. The number of rotatable bonds is 4. The van der Waals surface area contributed by atoms with Gasteiger partial charge in [0.25, 0.3) is 6.71 Å². The van der Waals surface area contributed by atoms with Crippen LogP contribution in [-0.4, -0.2) is 22.9 Å². The van der Waals surface area contributed by atoms with Crippen LogP contribution in [0.15, 0.2) is 78.9 Å². The Bertz CT molecular complexity index is 2260. The van der Waals surface area contributed by atoms with Gasteiger partial charge in [0.1, 0.15) is 0 Å². The van der Waals surface area contributed by atoms with Crippen LogP contribution in [0.1, 0.15) is 82.9 Å². The fraction of sp³-hybridized carbons (Fsp3) is 0.404. The number of nitrogens with zero attached hydrogens (tertiary/aromatic N) is 2. The van der Waals surface area contributed by atoms with Crippen molar-refractivity contribution in [2.45, 2.75) is 124 Å². The first-order chi connectivity index (χ1) is 24.6. The van der Waals surface area contributed by atoms with Crippen LogP contribution in [0.5, 0.6) is 0 Å².